The summed E-state index contributed by atoms with van der Waals surface area (Å²) in [7, 11) is 0. The first-order valence-corrected chi connectivity index (χ1v) is 7.64. The molecule has 0 amide bonds. The fraction of sp³-hybridized carbons (Fsp3) is 0.0526. The number of H-pyrrole nitrogens is 1. The molecule has 0 bridgehead atoms. The van der Waals surface area contributed by atoms with Gasteiger partial charge in [-0.25, -0.2) is 17.6 Å². The van der Waals surface area contributed by atoms with Crippen LogP contribution in [0, 0.1) is 23.3 Å². The highest BCUT2D eigenvalue weighted by Crippen LogP contribution is 2.40. The molecule has 0 saturated carbocycles. The Kier molecular flexibility index (Phi) is 3.69. The summed E-state index contributed by atoms with van der Waals surface area (Å²) in [6.07, 6.45) is -5.57. The molecule has 0 radical (unpaired) electrons. The SMILES string of the molecule is Fc1c(F)c(C(F)(F)F)c(F)c(F)c1-c1ccc2[nH]c3ccccc3c2c1. The number of rotatable bonds is 1. The van der Waals surface area contributed by atoms with Crippen molar-refractivity contribution in [3.05, 3.63) is 71.3 Å². The van der Waals surface area contributed by atoms with Crippen LogP contribution in [-0.2, 0) is 6.18 Å². The van der Waals surface area contributed by atoms with E-state index < -0.39 is 40.6 Å². The van der Waals surface area contributed by atoms with Gasteiger partial charge in [0, 0.05) is 21.8 Å². The molecule has 27 heavy (non-hydrogen) atoms. The average molecular weight is 383 g/mol. The molecule has 0 aliphatic rings. The summed E-state index contributed by atoms with van der Waals surface area (Å²) in [5.41, 5.74) is -2.75. The van der Waals surface area contributed by atoms with E-state index in [0.29, 0.717) is 16.3 Å². The zero-order chi connectivity index (χ0) is 19.5. The van der Waals surface area contributed by atoms with Gasteiger partial charge in [-0.2, -0.15) is 13.2 Å². The summed E-state index contributed by atoms with van der Waals surface area (Å²) in [6.45, 7) is 0. The highest BCUT2D eigenvalue weighted by atomic mass is 19.4. The molecule has 0 aliphatic carbocycles. The van der Waals surface area contributed by atoms with Gasteiger partial charge in [-0.3, -0.25) is 0 Å². The second kappa shape index (κ2) is 5.73. The van der Waals surface area contributed by atoms with Crippen LogP contribution in [0.4, 0.5) is 30.7 Å². The van der Waals surface area contributed by atoms with Crippen LogP contribution in [0.1, 0.15) is 5.56 Å². The number of halogens is 7. The van der Waals surface area contributed by atoms with Crippen molar-refractivity contribution in [3.63, 3.8) is 0 Å². The highest BCUT2D eigenvalue weighted by molar-refractivity contribution is 6.08. The number of aromatic nitrogens is 1. The molecule has 1 heterocycles. The van der Waals surface area contributed by atoms with Crippen LogP contribution in [-0.4, -0.2) is 4.98 Å². The minimum absolute atomic E-state index is 0.284. The lowest BCUT2D eigenvalue weighted by Gasteiger charge is -2.14. The Morgan fingerprint density at radius 1 is 0.667 bits per heavy atom. The van der Waals surface area contributed by atoms with Crippen molar-refractivity contribution in [2.45, 2.75) is 6.18 Å². The van der Waals surface area contributed by atoms with Crippen LogP contribution in [0.25, 0.3) is 32.9 Å². The number of fused-ring (bicyclic) bond motifs is 3. The minimum Gasteiger partial charge on any atom is -0.355 e. The number of hydrogen-bond acceptors (Lipinski definition) is 0. The molecule has 8 heteroatoms. The molecule has 1 N–H and O–H groups in total. The molecular weight excluding hydrogens is 375 g/mol. The van der Waals surface area contributed by atoms with E-state index in [1.807, 2.05) is 0 Å². The van der Waals surface area contributed by atoms with Crippen molar-refractivity contribution in [3.8, 4) is 11.1 Å². The predicted molar refractivity (Wildman–Crippen MR) is 86.1 cm³/mol. The van der Waals surface area contributed by atoms with E-state index in [1.165, 1.54) is 18.2 Å². The van der Waals surface area contributed by atoms with E-state index in [0.717, 1.165) is 5.52 Å². The van der Waals surface area contributed by atoms with E-state index >= 15 is 0 Å². The summed E-state index contributed by atoms with van der Waals surface area (Å²) in [5, 5.41) is 1.19. The van der Waals surface area contributed by atoms with Crippen molar-refractivity contribution >= 4 is 21.8 Å². The third-order valence-electron chi connectivity index (χ3n) is 4.34. The Hall–Kier alpha value is -3.03. The summed E-state index contributed by atoms with van der Waals surface area (Å²) in [4.78, 5) is 3.05. The first-order chi connectivity index (χ1) is 12.7. The molecule has 138 valence electrons. The molecule has 0 saturated heterocycles. The molecule has 0 spiro atoms. The van der Waals surface area contributed by atoms with Crippen LogP contribution in [0.3, 0.4) is 0 Å². The number of alkyl halides is 3. The van der Waals surface area contributed by atoms with Gasteiger partial charge in [0.1, 0.15) is 5.56 Å². The van der Waals surface area contributed by atoms with Crippen LogP contribution < -0.4 is 0 Å². The van der Waals surface area contributed by atoms with Gasteiger partial charge < -0.3 is 4.98 Å². The van der Waals surface area contributed by atoms with Crippen LogP contribution in [0.15, 0.2) is 42.5 Å². The fourth-order valence-electron chi connectivity index (χ4n) is 3.14. The molecule has 1 nitrogen and oxygen atoms in total. The Labute approximate surface area is 147 Å². The van der Waals surface area contributed by atoms with E-state index in [1.54, 1.807) is 24.3 Å². The van der Waals surface area contributed by atoms with E-state index in [2.05, 4.69) is 4.98 Å². The molecule has 0 fully saturated rings. The van der Waals surface area contributed by atoms with Gasteiger partial charge in [-0.1, -0.05) is 24.3 Å². The van der Waals surface area contributed by atoms with E-state index in [9.17, 15) is 30.7 Å². The number of aromatic amines is 1. The van der Waals surface area contributed by atoms with Gasteiger partial charge in [-0.05, 0) is 23.8 Å². The average Bonchev–Trinajstić information content (AvgIpc) is 2.97. The normalized spacial score (nSPS) is 12.3. The molecule has 0 aliphatic heterocycles. The molecule has 4 rings (SSSR count). The van der Waals surface area contributed by atoms with Crippen molar-refractivity contribution in [2.75, 3.05) is 0 Å². The molecule has 3 aromatic carbocycles. The van der Waals surface area contributed by atoms with Gasteiger partial charge >= 0.3 is 6.18 Å². The Morgan fingerprint density at radius 2 is 1.26 bits per heavy atom. The second-order valence-electron chi connectivity index (χ2n) is 5.93. The molecule has 1 aromatic heterocycles. The smallest absolute Gasteiger partial charge is 0.355 e. The first kappa shape index (κ1) is 17.4. The molecule has 0 unspecified atom stereocenters. The van der Waals surface area contributed by atoms with Gasteiger partial charge in [-0.15, -0.1) is 0 Å². The quantitative estimate of drug-likeness (QED) is 0.283. The highest BCUT2D eigenvalue weighted by Gasteiger charge is 2.42. The van der Waals surface area contributed by atoms with Gasteiger partial charge in [0.2, 0.25) is 0 Å². The summed E-state index contributed by atoms with van der Waals surface area (Å²) >= 11 is 0. The maximum atomic E-state index is 14.3. The second-order valence-corrected chi connectivity index (χ2v) is 5.93. The third-order valence-corrected chi connectivity index (χ3v) is 4.34. The van der Waals surface area contributed by atoms with Gasteiger partial charge in [0.15, 0.2) is 23.3 Å². The van der Waals surface area contributed by atoms with E-state index in [-0.39, 0.29) is 5.56 Å². The topological polar surface area (TPSA) is 15.8 Å². The third kappa shape index (κ3) is 2.55. The molecule has 0 atom stereocenters. The number of hydrogen-bond donors (Lipinski definition) is 1. The minimum atomic E-state index is -5.57. The molecular formula is C19H8F7N. The summed E-state index contributed by atoms with van der Waals surface area (Å²) < 4.78 is 94.5. The maximum Gasteiger partial charge on any atom is 0.422 e. The zero-order valence-corrected chi connectivity index (χ0v) is 13.2. The first-order valence-electron chi connectivity index (χ1n) is 7.64. The predicted octanol–water partition coefficient (Wildman–Crippen LogP) is 6.56. The lowest BCUT2D eigenvalue weighted by atomic mass is 9.99. The van der Waals surface area contributed by atoms with Crippen molar-refractivity contribution in [1.82, 2.24) is 4.98 Å². The van der Waals surface area contributed by atoms with Crippen molar-refractivity contribution < 1.29 is 30.7 Å². The van der Waals surface area contributed by atoms with Crippen LogP contribution >= 0.6 is 0 Å². The largest absolute Gasteiger partial charge is 0.422 e. The fourth-order valence-corrected chi connectivity index (χ4v) is 3.14. The standard InChI is InChI=1S/C19H8F7N/c20-15-13(16(21)18(23)14(17(15)22)19(24,25)26)8-5-6-12-10(7-8)9-3-1-2-4-11(9)27-12/h1-7,27H. The summed E-state index contributed by atoms with van der Waals surface area (Å²) in [5.74, 6) is -9.15. The number of benzene rings is 3. The lowest BCUT2D eigenvalue weighted by Crippen LogP contribution is -2.16. The van der Waals surface area contributed by atoms with Crippen LogP contribution in [0.2, 0.25) is 0 Å². The Bertz CT molecular complexity index is 1180. The number of para-hydroxylation sites is 1. The van der Waals surface area contributed by atoms with Crippen molar-refractivity contribution in [2.24, 2.45) is 0 Å². The van der Waals surface area contributed by atoms with Crippen molar-refractivity contribution in [1.29, 1.82) is 0 Å². The molecule has 4 aromatic rings. The number of nitrogens with one attached hydrogen (secondary N) is 1. The lowest BCUT2D eigenvalue weighted by molar-refractivity contribution is -0.143. The Balaban J connectivity index is 2.03. The van der Waals surface area contributed by atoms with E-state index in [4.69, 9.17) is 0 Å². The zero-order valence-electron chi connectivity index (χ0n) is 13.2. The maximum absolute atomic E-state index is 14.3. The van der Waals surface area contributed by atoms with Gasteiger partial charge in [0.25, 0.3) is 0 Å². The Morgan fingerprint density at radius 3 is 1.89 bits per heavy atom. The van der Waals surface area contributed by atoms with Gasteiger partial charge in [0.05, 0.1) is 5.56 Å². The monoisotopic (exact) mass is 383 g/mol. The summed E-state index contributed by atoms with van der Waals surface area (Å²) in [6, 6.07) is 10.8. The van der Waals surface area contributed by atoms with Crippen LogP contribution in [0.5, 0.6) is 0 Å².